The Labute approximate surface area is 427 Å². The van der Waals surface area contributed by atoms with Gasteiger partial charge in [0.15, 0.2) is 11.5 Å². The molecule has 3 aromatic carbocycles. The standard InChI is InChI=1S/C59H80N2O11/c1-6-8-9-10-11-12-13-14-15-20-33-66-57(65)61(39-42-26-28-52-53(35-42)68-41-67-52)54-38-50(60-72-58(3,4)5)48-36-44(23-16-18-30-62)47(25-17-19-31-63)55-49-37-46(70-45-24-21-22-43(34-45)40-64)27-29-51(49)71-59(54,56(48)55)69-32-7-2/h7,21-22,24,26-29,34-37,40,44,47,54-56,62-63H,2,6,8-20,23,25,30-33,38-39,41H2,1,3-5H3/t44-,47+,54-,55+,56+,59+/m0/s1. The quantitative estimate of drug-likeness (QED) is 0.0295. The number of allylic oxidation sites excluding steroid dienone is 1. The van der Waals surface area contributed by atoms with Crippen molar-refractivity contribution < 1.29 is 53.1 Å². The van der Waals surface area contributed by atoms with Crippen LogP contribution in [0.1, 0.15) is 164 Å². The first kappa shape index (κ1) is 54.4. The number of fused-ring (bicyclic) bond motifs is 3. The number of unbranched alkanes of at least 4 members (excludes halogenated alkanes) is 11. The van der Waals surface area contributed by atoms with Crippen LogP contribution in [0, 0.1) is 17.8 Å². The zero-order chi connectivity index (χ0) is 50.9. The van der Waals surface area contributed by atoms with Gasteiger partial charge in [-0.15, -0.1) is 6.58 Å². The highest BCUT2D eigenvalue weighted by atomic mass is 16.7. The number of benzene rings is 3. The van der Waals surface area contributed by atoms with Gasteiger partial charge in [-0.05, 0) is 118 Å². The molecule has 2 N–H and O–H groups in total. The van der Waals surface area contributed by atoms with Crippen LogP contribution in [0.4, 0.5) is 4.79 Å². The van der Waals surface area contributed by atoms with Gasteiger partial charge in [-0.3, -0.25) is 9.69 Å². The number of hydrogen-bond acceptors (Lipinski definition) is 12. The molecular weight excluding hydrogens is 913 g/mol. The molecule has 0 bridgehead atoms. The Hall–Kier alpha value is -5.37. The van der Waals surface area contributed by atoms with E-state index in [0.717, 1.165) is 67.9 Å². The minimum Gasteiger partial charge on any atom is -0.459 e. The average molecular weight is 993 g/mol. The molecule has 0 unspecified atom stereocenters. The Bertz CT molecular complexity index is 2310. The van der Waals surface area contributed by atoms with E-state index in [9.17, 15) is 15.0 Å². The summed E-state index contributed by atoms with van der Waals surface area (Å²) in [6.07, 6.45) is 20.6. The molecule has 3 aromatic rings. The molecule has 2 aliphatic carbocycles. The van der Waals surface area contributed by atoms with Gasteiger partial charge in [0.25, 0.3) is 0 Å². The van der Waals surface area contributed by atoms with Crippen molar-refractivity contribution in [1.29, 1.82) is 0 Å². The number of carbonyl (C=O) groups is 2. The minimum absolute atomic E-state index is 0.00104. The summed E-state index contributed by atoms with van der Waals surface area (Å²) in [5.74, 6) is 0.636. The molecule has 1 saturated carbocycles. The summed E-state index contributed by atoms with van der Waals surface area (Å²) in [6, 6.07) is 17.8. The number of nitrogens with zero attached hydrogens (tertiary/aromatic N) is 2. The molecule has 2 aliphatic heterocycles. The van der Waals surface area contributed by atoms with Crippen LogP contribution in [0.5, 0.6) is 28.7 Å². The maximum absolute atomic E-state index is 15.2. The topological polar surface area (TPSA) is 155 Å². The number of hydrogen-bond donors (Lipinski definition) is 2. The van der Waals surface area contributed by atoms with Crippen molar-refractivity contribution in [2.45, 2.75) is 167 Å². The summed E-state index contributed by atoms with van der Waals surface area (Å²) in [5, 5.41) is 25.1. The predicted molar refractivity (Wildman–Crippen MR) is 279 cm³/mol. The van der Waals surface area contributed by atoms with Crippen LogP contribution in [0.3, 0.4) is 0 Å². The summed E-state index contributed by atoms with van der Waals surface area (Å²) in [7, 11) is 0. The van der Waals surface area contributed by atoms with Gasteiger partial charge in [0.2, 0.25) is 12.6 Å². The van der Waals surface area contributed by atoms with Gasteiger partial charge in [0, 0.05) is 43.2 Å². The van der Waals surface area contributed by atoms with E-state index in [4.69, 9.17) is 38.4 Å². The first-order chi connectivity index (χ1) is 35.0. The Morgan fingerprint density at radius 2 is 1.56 bits per heavy atom. The molecule has 4 aliphatic rings. The lowest BCUT2D eigenvalue weighted by Crippen LogP contribution is -2.70. The molecule has 1 fully saturated rings. The molecule has 0 radical (unpaired) electrons. The number of ether oxygens (including phenoxy) is 6. The van der Waals surface area contributed by atoms with E-state index in [-0.39, 0.29) is 63.9 Å². The van der Waals surface area contributed by atoms with Gasteiger partial charge in [-0.2, -0.15) is 0 Å². The Balaban J connectivity index is 1.35. The zero-order valence-electron chi connectivity index (χ0n) is 43.3. The molecule has 13 heteroatoms. The number of amides is 1. The first-order valence-corrected chi connectivity index (χ1v) is 26.8. The van der Waals surface area contributed by atoms with E-state index in [2.05, 4.69) is 19.6 Å². The van der Waals surface area contributed by atoms with Crippen molar-refractivity contribution in [1.82, 2.24) is 4.90 Å². The van der Waals surface area contributed by atoms with Gasteiger partial charge in [0.1, 0.15) is 35.2 Å². The number of oxime groups is 1. The molecule has 7 rings (SSSR count). The van der Waals surface area contributed by atoms with Crippen molar-refractivity contribution in [3.05, 3.63) is 102 Å². The lowest BCUT2D eigenvalue weighted by molar-refractivity contribution is -0.256. The van der Waals surface area contributed by atoms with Crippen LogP contribution in [0.25, 0.3) is 0 Å². The zero-order valence-corrected chi connectivity index (χ0v) is 43.3. The lowest BCUT2D eigenvalue weighted by Gasteiger charge is -2.60. The van der Waals surface area contributed by atoms with E-state index in [1.807, 2.05) is 63.2 Å². The number of rotatable bonds is 29. The molecule has 0 saturated heterocycles. The maximum Gasteiger partial charge on any atom is 0.410 e. The smallest absolute Gasteiger partial charge is 0.410 e. The lowest BCUT2D eigenvalue weighted by atomic mass is 9.55. The third-order valence-electron chi connectivity index (χ3n) is 14.4. The third kappa shape index (κ3) is 13.8. The highest BCUT2D eigenvalue weighted by Gasteiger charge is 2.66. The third-order valence-corrected chi connectivity index (χ3v) is 14.4. The van der Waals surface area contributed by atoms with Gasteiger partial charge in [-0.25, -0.2) is 4.79 Å². The molecule has 72 heavy (non-hydrogen) atoms. The Morgan fingerprint density at radius 3 is 2.28 bits per heavy atom. The molecule has 392 valence electrons. The fourth-order valence-corrected chi connectivity index (χ4v) is 11.1. The number of aliphatic hydroxyl groups excluding tert-OH is 2. The van der Waals surface area contributed by atoms with Crippen molar-refractivity contribution in [3.63, 3.8) is 0 Å². The second kappa shape index (κ2) is 26.5. The van der Waals surface area contributed by atoms with Gasteiger partial charge in [-0.1, -0.05) is 113 Å². The van der Waals surface area contributed by atoms with E-state index in [1.54, 1.807) is 29.2 Å². The highest BCUT2D eigenvalue weighted by molar-refractivity contribution is 6.03. The maximum atomic E-state index is 15.2. The van der Waals surface area contributed by atoms with Crippen LogP contribution >= 0.6 is 0 Å². The summed E-state index contributed by atoms with van der Waals surface area (Å²) in [5.41, 5.74) is 3.20. The molecule has 0 spiro atoms. The fourth-order valence-electron chi connectivity index (χ4n) is 11.1. The van der Waals surface area contributed by atoms with Gasteiger partial charge in [0.05, 0.1) is 24.8 Å². The normalized spacial score (nSPS) is 22.3. The number of aliphatic hydroxyl groups is 2. The predicted octanol–water partition coefficient (Wildman–Crippen LogP) is 13.0. The van der Waals surface area contributed by atoms with E-state index in [1.165, 1.54) is 44.9 Å². The number of carbonyl (C=O) groups excluding carboxylic acids is 2. The first-order valence-electron chi connectivity index (χ1n) is 26.8. The summed E-state index contributed by atoms with van der Waals surface area (Å²) in [4.78, 5) is 35.1. The SMILES string of the molecule is C=CCO[C@@]12Oc3ccc(Oc4cccc(C=O)c4)cc3[C@H]3[C@H](CCCCO)[C@@H](CCCCO)C=C(C(=NOC(C)(C)C)C[C@@H]1N(Cc1ccc4c(c1)OCO4)C(=O)OCCCCCCCCCCCC)[C@H]32. The second-order valence-corrected chi connectivity index (χ2v) is 20.9. The van der Waals surface area contributed by atoms with Gasteiger partial charge < -0.3 is 43.5 Å². The summed E-state index contributed by atoms with van der Waals surface area (Å²) < 4.78 is 39.1. The van der Waals surface area contributed by atoms with E-state index < -0.39 is 29.4 Å². The largest absolute Gasteiger partial charge is 0.459 e. The average Bonchev–Trinajstić information content (AvgIpc) is 3.85. The monoisotopic (exact) mass is 993 g/mol. The highest BCUT2D eigenvalue weighted by Crippen LogP contribution is 2.62. The molecule has 2 heterocycles. The van der Waals surface area contributed by atoms with Crippen molar-refractivity contribution in [3.8, 4) is 28.7 Å². The van der Waals surface area contributed by atoms with Crippen LogP contribution in [0.15, 0.2) is 90.1 Å². The fraction of sp³-hybridized carbons (Fsp3) is 0.576. The second-order valence-electron chi connectivity index (χ2n) is 20.9. The number of aldehydes is 1. The molecule has 0 aromatic heterocycles. The van der Waals surface area contributed by atoms with Crippen molar-refractivity contribution in [2.24, 2.45) is 22.9 Å². The molecule has 13 nitrogen and oxygen atoms in total. The van der Waals surface area contributed by atoms with E-state index in [0.29, 0.717) is 52.9 Å². The van der Waals surface area contributed by atoms with Crippen molar-refractivity contribution in [2.75, 3.05) is 33.2 Å². The van der Waals surface area contributed by atoms with Crippen LogP contribution < -0.4 is 18.9 Å². The van der Waals surface area contributed by atoms with Crippen molar-refractivity contribution >= 4 is 18.1 Å². The Morgan fingerprint density at radius 1 is 0.847 bits per heavy atom. The molecule has 6 atom stereocenters. The molecular formula is C59H80N2O11. The minimum atomic E-state index is -1.50. The summed E-state index contributed by atoms with van der Waals surface area (Å²) >= 11 is 0. The van der Waals surface area contributed by atoms with Crippen LogP contribution in [-0.2, 0) is 20.9 Å². The van der Waals surface area contributed by atoms with Gasteiger partial charge >= 0.3 is 6.09 Å². The molecule has 1 amide bonds. The van der Waals surface area contributed by atoms with Crippen LogP contribution in [0.2, 0.25) is 0 Å². The summed E-state index contributed by atoms with van der Waals surface area (Å²) in [6.45, 7) is 13.0. The van der Waals surface area contributed by atoms with E-state index >= 15 is 4.79 Å². The Kier molecular flexibility index (Phi) is 20.1. The van der Waals surface area contributed by atoms with Crippen LogP contribution in [-0.4, -0.2) is 83.9 Å².